The Kier molecular flexibility index (Phi) is 3.66. The van der Waals surface area contributed by atoms with Crippen LogP contribution in [-0.2, 0) is 0 Å². The van der Waals surface area contributed by atoms with E-state index in [9.17, 15) is 10.1 Å². The molecule has 0 unspecified atom stereocenters. The minimum atomic E-state index is -0.400. The number of nitrogens with zero attached hydrogens (tertiary/aromatic N) is 3. The molecule has 6 heteroatoms. The van der Waals surface area contributed by atoms with E-state index < -0.39 is 4.92 Å². The van der Waals surface area contributed by atoms with Crippen LogP contribution >= 0.6 is 0 Å². The van der Waals surface area contributed by atoms with E-state index >= 15 is 0 Å². The fraction of sp³-hybridized carbons (Fsp3) is 0.500. The second kappa shape index (κ2) is 5.22. The van der Waals surface area contributed by atoms with Crippen LogP contribution in [0.1, 0.15) is 0 Å². The third kappa shape index (κ3) is 2.70. The van der Waals surface area contributed by atoms with Gasteiger partial charge in [0.05, 0.1) is 23.2 Å². The van der Waals surface area contributed by atoms with Gasteiger partial charge in [-0.1, -0.05) is 0 Å². The molecule has 0 saturated carbocycles. The van der Waals surface area contributed by atoms with E-state index in [0.29, 0.717) is 12.4 Å². The van der Waals surface area contributed by atoms with Gasteiger partial charge in [0.1, 0.15) is 12.4 Å². The van der Waals surface area contributed by atoms with Gasteiger partial charge in [0.25, 0.3) is 5.69 Å². The van der Waals surface area contributed by atoms with Crippen LogP contribution in [-0.4, -0.2) is 50.2 Å². The molecule has 1 heterocycles. The van der Waals surface area contributed by atoms with Gasteiger partial charge in [-0.2, -0.15) is 0 Å². The lowest BCUT2D eigenvalue weighted by Crippen LogP contribution is -2.37. The number of fused-ring (bicyclic) bond motifs is 1. The van der Waals surface area contributed by atoms with E-state index in [0.717, 1.165) is 25.3 Å². The minimum absolute atomic E-state index is 0.0724. The lowest BCUT2D eigenvalue weighted by molar-refractivity contribution is -0.384. The maximum absolute atomic E-state index is 10.7. The highest BCUT2D eigenvalue weighted by Crippen LogP contribution is 2.34. The van der Waals surface area contributed by atoms with Gasteiger partial charge in [-0.25, -0.2) is 0 Å². The molecule has 0 fully saturated rings. The van der Waals surface area contributed by atoms with Crippen LogP contribution < -0.4 is 9.64 Å². The highest BCUT2D eigenvalue weighted by atomic mass is 16.6. The van der Waals surface area contributed by atoms with Crippen molar-refractivity contribution in [2.45, 2.75) is 0 Å². The average Bonchev–Trinajstić information content (AvgIpc) is 2.35. The molecule has 1 aromatic rings. The Hall–Kier alpha value is -1.82. The number of ether oxygens (including phenoxy) is 1. The Morgan fingerprint density at radius 1 is 1.50 bits per heavy atom. The summed E-state index contributed by atoms with van der Waals surface area (Å²) in [5.41, 5.74) is 1.01. The average molecular weight is 251 g/mol. The summed E-state index contributed by atoms with van der Waals surface area (Å²) in [4.78, 5) is 14.6. The highest BCUT2D eigenvalue weighted by molar-refractivity contribution is 5.63. The molecule has 1 aromatic carbocycles. The van der Waals surface area contributed by atoms with E-state index in [-0.39, 0.29) is 5.69 Å². The Morgan fingerprint density at radius 3 is 2.94 bits per heavy atom. The number of rotatable bonds is 4. The number of nitro benzene ring substituents is 1. The monoisotopic (exact) mass is 251 g/mol. The Labute approximate surface area is 106 Å². The van der Waals surface area contributed by atoms with E-state index in [1.54, 1.807) is 6.07 Å². The topological polar surface area (TPSA) is 58.8 Å². The van der Waals surface area contributed by atoms with Crippen molar-refractivity contribution >= 4 is 11.4 Å². The Bertz CT molecular complexity index is 448. The van der Waals surface area contributed by atoms with Crippen molar-refractivity contribution in [2.24, 2.45) is 0 Å². The second-order valence-corrected chi connectivity index (χ2v) is 4.55. The largest absolute Gasteiger partial charge is 0.489 e. The summed E-state index contributed by atoms with van der Waals surface area (Å²) < 4.78 is 5.49. The van der Waals surface area contributed by atoms with E-state index in [4.69, 9.17) is 4.74 Å². The molecule has 6 nitrogen and oxygen atoms in total. The number of likely N-dealkylation sites (N-methyl/N-ethyl adjacent to an activating group) is 1. The summed E-state index contributed by atoms with van der Waals surface area (Å²) in [6.45, 7) is 3.22. The van der Waals surface area contributed by atoms with Crippen LogP contribution in [0, 0.1) is 10.1 Å². The Balaban J connectivity index is 2.19. The quantitative estimate of drug-likeness (QED) is 0.597. The van der Waals surface area contributed by atoms with E-state index in [1.807, 2.05) is 14.1 Å². The first kappa shape index (κ1) is 12.6. The van der Waals surface area contributed by atoms with Crippen molar-refractivity contribution in [3.63, 3.8) is 0 Å². The molecular weight excluding hydrogens is 234 g/mol. The maximum atomic E-state index is 10.7. The predicted molar refractivity (Wildman–Crippen MR) is 69.4 cm³/mol. The number of hydrogen-bond donors (Lipinski definition) is 0. The van der Waals surface area contributed by atoms with Gasteiger partial charge in [-0.3, -0.25) is 10.1 Å². The lowest BCUT2D eigenvalue weighted by atomic mass is 10.2. The summed E-state index contributed by atoms with van der Waals surface area (Å²) in [5, 5.41) is 10.7. The van der Waals surface area contributed by atoms with Crippen LogP contribution in [0.25, 0.3) is 0 Å². The number of nitro groups is 1. The normalized spacial score (nSPS) is 14.3. The van der Waals surface area contributed by atoms with Gasteiger partial charge in [-0.15, -0.1) is 0 Å². The molecular formula is C12H17N3O3. The molecule has 0 atom stereocenters. The summed E-state index contributed by atoms with van der Waals surface area (Å²) >= 11 is 0. The molecule has 1 aliphatic heterocycles. The maximum Gasteiger partial charge on any atom is 0.273 e. The number of hydrogen-bond acceptors (Lipinski definition) is 5. The van der Waals surface area contributed by atoms with Crippen LogP contribution in [0.4, 0.5) is 11.4 Å². The zero-order chi connectivity index (χ0) is 13.1. The summed E-state index contributed by atoms with van der Waals surface area (Å²) in [7, 11) is 4.05. The molecule has 98 valence electrons. The summed E-state index contributed by atoms with van der Waals surface area (Å²) in [6, 6.07) is 4.79. The van der Waals surface area contributed by atoms with Crippen molar-refractivity contribution in [3.05, 3.63) is 28.3 Å². The predicted octanol–water partition coefficient (Wildman–Crippen LogP) is 1.36. The van der Waals surface area contributed by atoms with Crippen LogP contribution in [0.5, 0.6) is 5.75 Å². The molecule has 0 bridgehead atoms. The molecule has 0 aliphatic carbocycles. The molecule has 2 rings (SSSR count). The number of benzene rings is 1. The van der Waals surface area contributed by atoms with Crippen molar-refractivity contribution in [1.29, 1.82) is 0 Å². The molecule has 0 aromatic heterocycles. The second-order valence-electron chi connectivity index (χ2n) is 4.55. The van der Waals surface area contributed by atoms with Crippen LogP contribution in [0.3, 0.4) is 0 Å². The fourth-order valence-corrected chi connectivity index (χ4v) is 1.93. The van der Waals surface area contributed by atoms with Crippen LogP contribution in [0.2, 0.25) is 0 Å². The van der Waals surface area contributed by atoms with Gasteiger partial charge < -0.3 is 14.5 Å². The molecule has 0 saturated heterocycles. The van der Waals surface area contributed by atoms with Crippen molar-refractivity contribution in [1.82, 2.24) is 4.90 Å². The minimum Gasteiger partial charge on any atom is -0.489 e. The van der Waals surface area contributed by atoms with Crippen LogP contribution in [0.15, 0.2) is 18.2 Å². The van der Waals surface area contributed by atoms with E-state index in [2.05, 4.69) is 9.80 Å². The molecule has 0 spiro atoms. The molecule has 0 amide bonds. The van der Waals surface area contributed by atoms with E-state index in [1.165, 1.54) is 12.1 Å². The first-order valence-electron chi connectivity index (χ1n) is 5.89. The standard InChI is InChI=1S/C12H17N3O3/c1-13(2)5-6-14-7-8-18-12-9-10(15(16)17)3-4-11(12)14/h3-4,9H,5-8H2,1-2H3. The molecule has 0 N–H and O–H groups in total. The van der Waals surface area contributed by atoms with Gasteiger partial charge in [0.2, 0.25) is 0 Å². The van der Waals surface area contributed by atoms with Crippen molar-refractivity contribution in [3.8, 4) is 5.75 Å². The van der Waals surface area contributed by atoms with Gasteiger partial charge >= 0.3 is 0 Å². The highest BCUT2D eigenvalue weighted by Gasteiger charge is 2.20. The zero-order valence-corrected chi connectivity index (χ0v) is 10.6. The number of anilines is 1. The van der Waals surface area contributed by atoms with Gasteiger partial charge in [-0.05, 0) is 20.2 Å². The first-order chi connectivity index (χ1) is 8.58. The summed E-state index contributed by atoms with van der Waals surface area (Å²) in [6.07, 6.45) is 0. The third-order valence-corrected chi connectivity index (χ3v) is 2.93. The number of non-ortho nitro benzene ring substituents is 1. The Morgan fingerprint density at radius 2 is 2.28 bits per heavy atom. The molecule has 0 radical (unpaired) electrons. The van der Waals surface area contributed by atoms with Gasteiger partial charge in [0.15, 0.2) is 0 Å². The van der Waals surface area contributed by atoms with Crippen molar-refractivity contribution in [2.75, 3.05) is 45.2 Å². The molecule has 18 heavy (non-hydrogen) atoms. The van der Waals surface area contributed by atoms with Gasteiger partial charge in [0, 0.05) is 19.2 Å². The van der Waals surface area contributed by atoms with Crippen molar-refractivity contribution < 1.29 is 9.66 Å². The SMILES string of the molecule is CN(C)CCN1CCOc2cc([N+](=O)[O-])ccc21. The lowest BCUT2D eigenvalue weighted by Gasteiger charge is -2.31. The fourth-order valence-electron chi connectivity index (χ4n) is 1.93. The third-order valence-electron chi connectivity index (χ3n) is 2.93. The smallest absolute Gasteiger partial charge is 0.273 e. The first-order valence-corrected chi connectivity index (χ1v) is 5.89. The zero-order valence-electron chi connectivity index (χ0n) is 10.6. The summed E-state index contributed by atoms with van der Waals surface area (Å²) in [5.74, 6) is 0.606. The molecule has 1 aliphatic rings.